The highest BCUT2D eigenvalue weighted by Crippen LogP contribution is 2.20. The average molecular weight is 295 g/mol. The van der Waals surface area contributed by atoms with Gasteiger partial charge in [0.2, 0.25) is 0 Å². The molecular weight excluding hydrogens is 270 g/mol. The van der Waals surface area contributed by atoms with Gasteiger partial charge in [-0.1, -0.05) is 37.3 Å². The lowest BCUT2D eigenvalue weighted by Crippen LogP contribution is -2.28. The van der Waals surface area contributed by atoms with E-state index >= 15 is 0 Å². The van der Waals surface area contributed by atoms with Crippen LogP contribution in [0.25, 0.3) is 0 Å². The molecule has 0 radical (unpaired) electrons. The van der Waals surface area contributed by atoms with E-state index in [1.54, 1.807) is 6.92 Å². The molecule has 1 saturated carbocycles. The Morgan fingerprint density at radius 2 is 1.95 bits per heavy atom. The third-order valence-electron chi connectivity index (χ3n) is 3.92. The molecule has 0 saturated heterocycles. The Bertz CT molecular complexity index is 494. The Balaban J connectivity index is 1.89. The first-order valence-electron chi connectivity index (χ1n) is 7.57. The van der Waals surface area contributed by atoms with Crippen molar-refractivity contribution in [2.24, 2.45) is 5.92 Å². The van der Waals surface area contributed by atoms with Crippen LogP contribution in [0.15, 0.2) is 30.3 Å². The Labute approximate surface area is 122 Å². The van der Waals surface area contributed by atoms with Gasteiger partial charge in [-0.25, -0.2) is 8.42 Å². The van der Waals surface area contributed by atoms with Crippen LogP contribution in [0, 0.1) is 5.92 Å². The summed E-state index contributed by atoms with van der Waals surface area (Å²) in [5.74, 6) is 0.966. The van der Waals surface area contributed by atoms with Crippen LogP contribution in [0.3, 0.4) is 0 Å². The molecular formula is C16H25NO2S. The van der Waals surface area contributed by atoms with Crippen molar-refractivity contribution in [2.45, 2.75) is 38.6 Å². The molecule has 0 bridgehead atoms. The molecule has 112 valence electrons. The fourth-order valence-electron chi connectivity index (χ4n) is 2.34. The molecule has 1 aromatic rings. The van der Waals surface area contributed by atoms with Crippen molar-refractivity contribution in [2.75, 3.05) is 18.1 Å². The topological polar surface area (TPSA) is 46.2 Å². The molecule has 20 heavy (non-hydrogen) atoms. The predicted octanol–water partition coefficient (Wildman–Crippen LogP) is 2.42. The Hall–Kier alpha value is -0.870. The minimum Gasteiger partial charge on any atom is -0.314 e. The summed E-state index contributed by atoms with van der Waals surface area (Å²) in [6.07, 6.45) is 4.25. The van der Waals surface area contributed by atoms with Gasteiger partial charge in [-0.05, 0) is 43.7 Å². The molecule has 3 nitrogen and oxygen atoms in total. The molecule has 1 aromatic carbocycles. The number of hydrogen-bond acceptors (Lipinski definition) is 3. The highest BCUT2D eigenvalue weighted by molar-refractivity contribution is 7.91. The fraction of sp³-hybridized carbons (Fsp3) is 0.625. The van der Waals surface area contributed by atoms with Crippen LogP contribution < -0.4 is 5.32 Å². The summed E-state index contributed by atoms with van der Waals surface area (Å²) < 4.78 is 23.4. The molecule has 4 heteroatoms. The lowest BCUT2D eigenvalue weighted by atomic mass is 9.97. The van der Waals surface area contributed by atoms with Crippen molar-refractivity contribution in [1.29, 1.82) is 0 Å². The molecule has 1 unspecified atom stereocenters. The van der Waals surface area contributed by atoms with Gasteiger partial charge in [-0.3, -0.25) is 0 Å². The Morgan fingerprint density at radius 3 is 2.55 bits per heavy atom. The second kappa shape index (κ2) is 7.23. The van der Waals surface area contributed by atoms with E-state index in [1.165, 1.54) is 18.4 Å². The molecule has 1 N–H and O–H groups in total. The molecule has 1 atom stereocenters. The molecule has 1 aliphatic carbocycles. The van der Waals surface area contributed by atoms with Gasteiger partial charge < -0.3 is 5.32 Å². The molecule has 2 rings (SSSR count). The third kappa shape index (κ3) is 5.63. The first kappa shape index (κ1) is 15.5. The van der Waals surface area contributed by atoms with Gasteiger partial charge in [0.05, 0.1) is 5.75 Å². The highest BCUT2D eigenvalue weighted by Gasteiger charge is 2.22. The number of hydrogen-bond donors (Lipinski definition) is 1. The van der Waals surface area contributed by atoms with Gasteiger partial charge in [0.1, 0.15) is 9.84 Å². The van der Waals surface area contributed by atoms with E-state index in [0.717, 1.165) is 19.4 Å². The zero-order valence-electron chi connectivity index (χ0n) is 12.2. The fourth-order valence-corrected chi connectivity index (χ4v) is 3.32. The zero-order chi connectivity index (χ0) is 14.4. The van der Waals surface area contributed by atoms with E-state index in [4.69, 9.17) is 0 Å². The second-order valence-electron chi connectivity index (χ2n) is 5.76. The van der Waals surface area contributed by atoms with Crippen LogP contribution >= 0.6 is 0 Å². The summed E-state index contributed by atoms with van der Waals surface area (Å²) in [5.41, 5.74) is 1.30. The zero-order valence-corrected chi connectivity index (χ0v) is 13.0. The van der Waals surface area contributed by atoms with Crippen LogP contribution in [0.5, 0.6) is 0 Å². The van der Waals surface area contributed by atoms with Crippen molar-refractivity contribution in [3.05, 3.63) is 35.9 Å². The summed E-state index contributed by atoms with van der Waals surface area (Å²) in [6, 6.07) is 11.0. The highest BCUT2D eigenvalue weighted by atomic mass is 32.2. The largest absolute Gasteiger partial charge is 0.314 e. The number of benzene rings is 1. The summed E-state index contributed by atoms with van der Waals surface area (Å²) in [6.45, 7) is 2.66. The van der Waals surface area contributed by atoms with Crippen molar-refractivity contribution in [3.63, 3.8) is 0 Å². The minimum atomic E-state index is -2.86. The molecule has 0 aliphatic heterocycles. The first-order valence-corrected chi connectivity index (χ1v) is 9.39. The SMILES string of the molecule is CCS(=O)(=O)CCC(CNC1CC1)Cc1ccccc1. The van der Waals surface area contributed by atoms with Gasteiger partial charge in [-0.15, -0.1) is 0 Å². The molecule has 0 heterocycles. The summed E-state index contributed by atoms with van der Waals surface area (Å²) in [5, 5.41) is 3.54. The smallest absolute Gasteiger partial charge is 0.150 e. The summed E-state index contributed by atoms with van der Waals surface area (Å²) in [7, 11) is -2.86. The average Bonchev–Trinajstić information content (AvgIpc) is 3.27. The van der Waals surface area contributed by atoms with Crippen LogP contribution in [-0.4, -0.2) is 32.5 Å². The van der Waals surface area contributed by atoms with Crippen molar-refractivity contribution in [3.8, 4) is 0 Å². The Morgan fingerprint density at radius 1 is 1.25 bits per heavy atom. The minimum absolute atomic E-state index is 0.251. The monoisotopic (exact) mass is 295 g/mol. The van der Waals surface area contributed by atoms with E-state index < -0.39 is 9.84 Å². The standard InChI is InChI=1S/C16H25NO2S/c1-2-20(18,19)11-10-15(13-17-16-8-9-16)12-14-6-4-3-5-7-14/h3-7,15-17H,2,8-13H2,1H3. The number of sulfone groups is 1. The molecule has 0 spiro atoms. The molecule has 0 amide bonds. The maximum atomic E-state index is 11.7. The van der Waals surface area contributed by atoms with Crippen molar-refractivity contribution in [1.82, 2.24) is 5.32 Å². The van der Waals surface area contributed by atoms with Gasteiger partial charge in [-0.2, -0.15) is 0 Å². The van der Waals surface area contributed by atoms with Gasteiger partial charge in [0, 0.05) is 11.8 Å². The number of nitrogens with one attached hydrogen (secondary N) is 1. The van der Waals surface area contributed by atoms with Crippen LogP contribution in [0.1, 0.15) is 31.7 Å². The normalized spacial score (nSPS) is 17.1. The molecule has 0 aromatic heterocycles. The van der Waals surface area contributed by atoms with Gasteiger partial charge in [0.25, 0.3) is 0 Å². The quantitative estimate of drug-likeness (QED) is 0.761. The van der Waals surface area contributed by atoms with E-state index in [1.807, 2.05) is 18.2 Å². The summed E-state index contributed by atoms with van der Waals surface area (Å²) in [4.78, 5) is 0. The van der Waals surface area contributed by atoms with E-state index in [9.17, 15) is 8.42 Å². The lowest BCUT2D eigenvalue weighted by molar-refractivity contribution is 0.457. The van der Waals surface area contributed by atoms with Crippen LogP contribution in [0.2, 0.25) is 0 Å². The van der Waals surface area contributed by atoms with Gasteiger partial charge >= 0.3 is 0 Å². The maximum Gasteiger partial charge on any atom is 0.150 e. The third-order valence-corrected chi connectivity index (χ3v) is 5.65. The van der Waals surface area contributed by atoms with E-state index in [-0.39, 0.29) is 5.75 Å². The van der Waals surface area contributed by atoms with Crippen LogP contribution in [0.4, 0.5) is 0 Å². The van der Waals surface area contributed by atoms with E-state index in [2.05, 4.69) is 17.4 Å². The van der Waals surface area contributed by atoms with Crippen LogP contribution in [-0.2, 0) is 16.3 Å². The Kier molecular flexibility index (Phi) is 5.61. The molecule has 1 aliphatic rings. The van der Waals surface area contributed by atoms with Crippen molar-refractivity contribution < 1.29 is 8.42 Å². The first-order chi connectivity index (χ1) is 9.59. The number of rotatable bonds is 9. The van der Waals surface area contributed by atoms with Crippen molar-refractivity contribution >= 4 is 9.84 Å². The van der Waals surface area contributed by atoms with Gasteiger partial charge in [0.15, 0.2) is 0 Å². The molecule has 1 fully saturated rings. The summed E-state index contributed by atoms with van der Waals surface area (Å²) >= 11 is 0. The lowest BCUT2D eigenvalue weighted by Gasteiger charge is -2.17. The second-order valence-corrected chi connectivity index (χ2v) is 8.24. The van der Waals surface area contributed by atoms with E-state index in [0.29, 0.717) is 17.7 Å². The predicted molar refractivity (Wildman–Crippen MR) is 83.6 cm³/mol. The maximum absolute atomic E-state index is 11.7.